The summed E-state index contributed by atoms with van der Waals surface area (Å²) in [5, 5.41) is 2.51. The van der Waals surface area contributed by atoms with E-state index < -0.39 is 21.7 Å². The molecule has 1 aliphatic heterocycles. The monoisotopic (exact) mass is 413 g/mol. The molecule has 1 aliphatic rings. The molecule has 3 rings (SSSR count). The van der Waals surface area contributed by atoms with E-state index in [2.05, 4.69) is 5.32 Å². The van der Waals surface area contributed by atoms with Crippen molar-refractivity contribution in [2.45, 2.75) is 31.1 Å². The van der Waals surface area contributed by atoms with Crippen LogP contribution in [0.3, 0.4) is 0 Å². The van der Waals surface area contributed by atoms with E-state index in [4.69, 9.17) is 11.6 Å². The molecule has 27 heavy (non-hydrogen) atoms. The summed E-state index contributed by atoms with van der Waals surface area (Å²) in [6.45, 7) is 2.65. The minimum atomic E-state index is -3.65. The maximum atomic E-state index is 13.3. The van der Waals surface area contributed by atoms with Gasteiger partial charge in [-0.1, -0.05) is 18.0 Å². The van der Waals surface area contributed by atoms with Crippen molar-refractivity contribution in [1.29, 1.82) is 0 Å². The van der Waals surface area contributed by atoms with Crippen LogP contribution in [-0.4, -0.2) is 36.3 Å². The highest BCUT2D eigenvalue weighted by atomic mass is 35.5. The molecule has 1 fully saturated rings. The van der Waals surface area contributed by atoms with Gasteiger partial charge in [-0.25, -0.2) is 12.8 Å². The molecule has 0 aliphatic carbocycles. The molecule has 1 amide bonds. The normalized spacial score (nSPS) is 15.7. The lowest BCUT2D eigenvalue weighted by atomic mass is 10.2. The van der Waals surface area contributed by atoms with E-state index in [1.54, 1.807) is 14.0 Å². The zero-order valence-corrected chi connectivity index (χ0v) is 16.7. The summed E-state index contributed by atoms with van der Waals surface area (Å²) in [4.78, 5) is 12.8. The molecule has 0 spiro atoms. The van der Waals surface area contributed by atoms with Gasteiger partial charge >= 0.3 is 0 Å². The lowest BCUT2D eigenvalue weighted by molar-refractivity contribution is 0.101. The fourth-order valence-electron chi connectivity index (χ4n) is 3.16. The largest absolute Gasteiger partial charge is 0.343 e. The van der Waals surface area contributed by atoms with Crippen molar-refractivity contribution in [3.63, 3.8) is 0 Å². The van der Waals surface area contributed by atoms with E-state index >= 15 is 0 Å². The summed E-state index contributed by atoms with van der Waals surface area (Å²) in [5.41, 5.74) is 1.01. The number of nitrogens with zero attached hydrogens (tertiary/aromatic N) is 2. The van der Waals surface area contributed by atoms with Crippen molar-refractivity contribution < 1.29 is 17.6 Å². The van der Waals surface area contributed by atoms with Gasteiger partial charge < -0.3 is 9.88 Å². The number of hydrogen-bond acceptors (Lipinski definition) is 3. The van der Waals surface area contributed by atoms with Gasteiger partial charge in [-0.05, 0) is 44.0 Å². The van der Waals surface area contributed by atoms with Crippen molar-refractivity contribution >= 4 is 33.2 Å². The molecule has 0 radical (unpaired) electrons. The Labute approximate surface area is 163 Å². The van der Waals surface area contributed by atoms with E-state index in [1.165, 1.54) is 27.1 Å². The van der Waals surface area contributed by atoms with Crippen molar-refractivity contribution in [2.24, 2.45) is 7.05 Å². The molecule has 0 unspecified atom stereocenters. The maximum absolute atomic E-state index is 13.3. The molecular formula is C18H21ClFN3O3S. The second-order valence-electron chi connectivity index (χ2n) is 6.59. The Morgan fingerprint density at radius 3 is 2.48 bits per heavy atom. The second-order valence-corrected chi connectivity index (χ2v) is 8.90. The van der Waals surface area contributed by atoms with Gasteiger partial charge in [0, 0.05) is 31.5 Å². The molecule has 1 aromatic carbocycles. The Morgan fingerprint density at radius 1 is 1.19 bits per heavy atom. The topological polar surface area (TPSA) is 71.4 Å². The number of nitrogens with one attached hydrogen (secondary N) is 1. The Bertz CT molecular complexity index is 982. The number of sulfonamides is 1. The van der Waals surface area contributed by atoms with Crippen molar-refractivity contribution in [3.05, 3.63) is 46.5 Å². The number of amides is 1. The van der Waals surface area contributed by atoms with Crippen LogP contribution >= 0.6 is 11.6 Å². The van der Waals surface area contributed by atoms with E-state index in [9.17, 15) is 17.6 Å². The van der Waals surface area contributed by atoms with Gasteiger partial charge in [-0.3, -0.25) is 4.79 Å². The van der Waals surface area contributed by atoms with E-state index in [1.807, 2.05) is 0 Å². The fourth-order valence-corrected chi connectivity index (χ4v) is 5.13. The molecule has 2 heterocycles. The molecule has 6 nitrogen and oxygen atoms in total. The van der Waals surface area contributed by atoms with E-state index in [-0.39, 0.29) is 15.6 Å². The van der Waals surface area contributed by atoms with Gasteiger partial charge in [0.05, 0.1) is 5.02 Å². The van der Waals surface area contributed by atoms with Crippen LogP contribution in [0.5, 0.6) is 0 Å². The van der Waals surface area contributed by atoms with Crippen molar-refractivity contribution in [2.75, 3.05) is 18.4 Å². The van der Waals surface area contributed by atoms with Crippen LogP contribution in [0.15, 0.2) is 29.2 Å². The molecule has 1 aromatic heterocycles. The molecule has 9 heteroatoms. The first-order valence-corrected chi connectivity index (χ1v) is 10.5. The van der Waals surface area contributed by atoms with Crippen molar-refractivity contribution in [1.82, 2.24) is 8.87 Å². The highest BCUT2D eigenvalue weighted by molar-refractivity contribution is 7.89. The summed E-state index contributed by atoms with van der Waals surface area (Å²) in [7, 11) is -2.02. The zero-order chi connectivity index (χ0) is 19.8. The van der Waals surface area contributed by atoms with Crippen LogP contribution in [0.1, 0.15) is 35.4 Å². The maximum Gasteiger partial charge on any atom is 0.272 e. The van der Waals surface area contributed by atoms with E-state index in [0.29, 0.717) is 24.5 Å². The summed E-state index contributed by atoms with van der Waals surface area (Å²) in [6.07, 6.45) is 2.70. The predicted octanol–water partition coefficient (Wildman–Crippen LogP) is 3.55. The average Bonchev–Trinajstić information content (AvgIpc) is 2.95. The summed E-state index contributed by atoms with van der Waals surface area (Å²) >= 11 is 5.73. The summed E-state index contributed by atoms with van der Waals surface area (Å²) in [5.74, 6) is -1.08. The first-order chi connectivity index (χ1) is 12.7. The van der Waals surface area contributed by atoms with Gasteiger partial charge in [-0.15, -0.1) is 0 Å². The average molecular weight is 414 g/mol. The standard InChI is InChI=1S/C18H21ClFN3O3S/c1-12-17(27(25,26)23-8-4-3-5-9-23)11-16(22(12)2)18(24)21-13-6-7-15(20)14(19)10-13/h6-7,10-11H,3-5,8-9H2,1-2H3,(H,21,24). The molecule has 0 saturated carbocycles. The Morgan fingerprint density at radius 2 is 1.85 bits per heavy atom. The first kappa shape index (κ1) is 19.9. The number of rotatable bonds is 4. The number of hydrogen-bond donors (Lipinski definition) is 1. The van der Waals surface area contributed by atoms with Gasteiger partial charge in [0.1, 0.15) is 16.4 Å². The second kappa shape index (κ2) is 7.61. The summed E-state index contributed by atoms with van der Waals surface area (Å²) < 4.78 is 42.2. The lowest BCUT2D eigenvalue weighted by Crippen LogP contribution is -2.35. The van der Waals surface area contributed by atoms with Crippen LogP contribution in [0.4, 0.5) is 10.1 Å². The third kappa shape index (κ3) is 3.88. The quantitative estimate of drug-likeness (QED) is 0.833. The number of carbonyl (C=O) groups excluding carboxylic acids is 1. The van der Waals surface area contributed by atoms with Gasteiger partial charge in [0.15, 0.2) is 0 Å². The smallest absolute Gasteiger partial charge is 0.272 e. The number of halogens is 2. The SMILES string of the molecule is Cc1c(S(=O)(=O)N2CCCCC2)cc(C(=O)Nc2ccc(F)c(Cl)c2)n1C. The number of piperidine rings is 1. The van der Waals surface area contributed by atoms with Crippen molar-refractivity contribution in [3.8, 4) is 0 Å². The Hall–Kier alpha value is -1.90. The van der Waals surface area contributed by atoms with Crippen LogP contribution in [-0.2, 0) is 17.1 Å². The molecular weight excluding hydrogens is 393 g/mol. The molecule has 1 saturated heterocycles. The highest BCUT2D eigenvalue weighted by Crippen LogP contribution is 2.26. The number of benzene rings is 1. The van der Waals surface area contributed by atoms with Gasteiger partial charge in [-0.2, -0.15) is 4.31 Å². The molecule has 2 aromatic rings. The van der Waals surface area contributed by atoms with E-state index in [0.717, 1.165) is 25.3 Å². The van der Waals surface area contributed by atoms with Gasteiger partial charge in [0.2, 0.25) is 10.0 Å². The van der Waals surface area contributed by atoms with Gasteiger partial charge in [0.25, 0.3) is 5.91 Å². The number of anilines is 1. The minimum Gasteiger partial charge on any atom is -0.343 e. The van der Waals surface area contributed by atoms with Crippen LogP contribution in [0.25, 0.3) is 0 Å². The Balaban J connectivity index is 1.90. The van der Waals surface area contributed by atoms with Crippen LogP contribution in [0, 0.1) is 12.7 Å². The predicted molar refractivity (Wildman–Crippen MR) is 102 cm³/mol. The lowest BCUT2D eigenvalue weighted by Gasteiger charge is -2.25. The fraction of sp³-hybridized carbons (Fsp3) is 0.389. The van der Waals surface area contributed by atoms with Crippen LogP contribution < -0.4 is 5.32 Å². The van der Waals surface area contributed by atoms with Crippen LogP contribution in [0.2, 0.25) is 5.02 Å². The molecule has 1 N–H and O–H groups in total. The third-order valence-corrected chi connectivity index (χ3v) is 7.14. The minimum absolute atomic E-state index is 0.107. The molecule has 0 bridgehead atoms. The number of aromatic nitrogens is 1. The first-order valence-electron chi connectivity index (χ1n) is 8.64. The Kier molecular flexibility index (Phi) is 5.60. The highest BCUT2D eigenvalue weighted by Gasteiger charge is 2.30. The molecule has 146 valence electrons. The number of carbonyl (C=O) groups is 1. The molecule has 0 atom stereocenters. The summed E-state index contributed by atoms with van der Waals surface area (Å²) in [6, 6.07) is 5.23. The third-order valence-electron chi connectivity index (χ3n) is 4.83. The zero-order valence-electron chi connectivity index (χ0n) is 15.1.